The van der Waals surface area contributed by atoms with E-state index >= 15 is 0 Å². The maximum Gasteiger partial charge on any atom is 0.280 e. The molecule has 0 bridgehead atoms. The van der Waals surface area contributed by atoms with E-state index in [0.717, 1.165) is 5.56 Å². The number of nitrogen functional groups attached to an aromatic ring is 1. The van der Waals surface area contributed by atoms with E-state index in [9.17, 15) is 20.1 Å². The van der Waals surface area contributed by atoms with Gasteiger partial charge in [-0.15, -0.1) is 0 Å². The van der Waals surface area contributed by atoms with Crippen molar-refractivity contribution in [3.8, 4) is 0 Å². The molecule has 30 heavy (non-hydrogen) atoms. The van der Waals surface area contributed by atoms with Crippen LogP contribution in [0.15, 0.2) is 47.8 Å². The van der Waals surface area contributed by atoms with Gasteiger partial charge in [-0.2, -0.15) is 4.98 Å². The fourth-order valence-electron chi connectivity index (χ4n) is 3.40. The average Bonchev–Trinajstić information content (AvgIpc) is 3.25. The van der Waals surface area contributed by atoms with Gasteiger partial charge in [-0.25, -0.2) is 4.98 Å². The van der Waals surface area contributed by atoms with E-state index < -0.39 is 36.7 Å². The highest BCUT2D eigenvalue weighted by atomic mass is 16.6. The number of aromatic nitrogens is 4. The highest BCUT2D eigenvalue weighted by molar-refractivity contribution is 5.81. The molecule has 0 unspecified atom stereocenters. The largest absolute Gasteiger partial charge is 0.394 e. The van der Waals surface area contributed by atoms with Crippen molar-refractivity contribution in [3.63, 3.8) is 0 Å². The van der Waals surface area contributed by atoms with Crippen LogP contribution < -0.4 is 11.3 Å². The number of hydrogen-bond donors (Lipinski definition) is 5. The number of fused-ring (bicyclic) bond motifs is 1. The molecular formula is C20H21N5O5. The fraction of sp³-hybridized carbons (Fsp3) is 0.250. The molecule has 156 valence electrons. The number of ether oxygens (including phenoxy) is 1. The third kappa shape index (κ3) is 3.42. The molecule has 0 saturated carbocycles. The Bertz CT molecular complexity index is 1170. The summed E-state index contributed by atoms with van der Waals surface area (Å²) in [7, 11) is 0. The zero-order valence-corrected chi connectivity index (χ0v) is 15.8. The minimum absolute atomic E-state index is 0.0220. The van der Waals surface area contributed by atoms with Crippen molar-refractivity contribution in [1.29, 1.82) is 0 Å². The number of aromatic amines is 1. The second-order valence-corrected chi connectivity index (χ2v) is 6.93. The molecule has 4 atom stereocenters. The van der Waals surface area contributed by atoms with Gasteiger partial charge in [0.05, 0.1) is 6.61 Å². The van der Waals surface area contributed by atoms with Crippen LogP contribution in [0, 0.1) is 0 Å². The first-order valence-corrected chi connectivity index (χ1v) is 9.23. The fourth-order valence-corrected chi connectivity index (χ4v) is 3.40. The molecular weight excluding hydrogens is 390 g/mol. The van der Waals surface area contributed by atoms with Gasteiger partial charge in [0.2, 0.25) is 5.95 Å². The van der Waals surface area contributed by atoms with Crippen LogP contribution in [0.4, 0.5) is 5.95 Å². The molecule has 1 saturated heterocycles. The van der Waals surface area contributed by atoms with Crippen LogP contribution in [0.25, 0.3) is 22.8 Å². The lowest BCUT2D eigenvalue weighted by atomic mass is 10.1. The Hall–Kier alpha value is -3.31. The highest BCUT2D eigenvalue weighted by Crippen LogP contribution is 2.34. The Morgan fingerprint density at radius 2 is 2.00 bits per heavy atom. The first-order chi connectivity index (χ1) is 14.4. The van der Waals surface area contributed by atoms with Crippen molar-refractivity contribution in [3.05, 3.63) is 64.7 Å². The Balaban J connectivity index is 1.84. The molecule has 0 aliphatic carbocycles. The number of H-pyrrole nitrogens is 1. The minimum Gasteiger partial charge on any atom is -0.394 e. The van der Waals surface area contributed by atoms with Crippen molar-refractivity contribution in [2.75, 3.05) is 12.3 Å². The summed E-state index contributed by atoms with van der Waals surface area (Å²) in [6, 6.07) is 9.50. The predicted octanol–water partition coefficient (Wildman–Crippen LogP) is 0.0399. The number of imidazole rings is 1. The van der Waals surface area contributed by atoms with Gasteiger partial charge in [0.15, 0.2) is 17.4 Å². The molecule has 0 radical (unpaired) electrons. The maximum atomic E-state index is 12.4. The average molecular weight is 411 g/mol. The number of nitrogens with one attached hydrogen (secondary N) is 1. The molecule has 6 N–H and O–H groups in total. The molecule has 0 spiro atoms. The quantitative estimate of drug-likeness (QED) is 0.368. The Morgan fingerprint density at radius 1 is 1.27 bits per heavy atom. The summed E-state index contributed by atoms with van der Waals surface area (Å²) in [6.45, 7) is 3.51. The second kappa shape index (κ2) is 7.84. The maximum absolute atomic E-state index is 12.4. The standard InChI is InChI=1S/C20H21N5O5/c1-10(7-8-11-5-3-2-4-6-11)16-22-13-17(23-20(21)24-18(13)29)25(16)19-15(28)14(27)12(9-26)30-19/h2-8,12,14-15,19,26-28H,1,9H2,(H3,21,23,24,29)/b8-7+/t12-,14-,15-,19-/m1/s1. The smallest absolute Gasteiger partial charge is 0.280 e. The van der Waals surface area contributed by atoms with Crippen molar-refractivity contribution in [2.45, 2.75) is 24.5 Å². The molecule has 0 amide bonds. The van der Waals surface area contributed by atoms with Crippen LogP contribution in [0.2, 0.25) is 0 Å². The number of nitrogens with two attached hydrogens (primary N) is 1. The first kappa shape index (κ1) is 20.0. The summed E-state index contributed by atoms with van der Waals surface area (Å²) < 4.78 is 7.00. The number of benzene rings is 1. The van der Waals surface area contributed by atoms with Crippen LogP contribution >= 0.6 is 0 Å². The molecule has 2 aromatic heterocycles. The lowest BCUT2D eigenvalue weighted by Crippen LogP contribution is -2.33. The number of aliphatic hydroxyl groups is 3. The van der Waals surface area contributed by atoms with Gasteiger partial charge in [0.25, 0.3) is 5.56 Å². The monoisotopic (exact) mass is 411 g/mol. The molecule has 10 nitrogen and oxygen atoms in total. The lowest BCUT2D eigenvalue weighted by molar-refractivity contribution is -0.0514. The van der Waals surface area contributed by atoms with Crippen molar-refractivity contribution < 1.29 is 20.1 Å². The first-order valence-electron chi connectivity index (χ1n) is 9.23. The summed E-state index contributed by atoms with van der Waals surface area (Å²) in [4.78, 5) is 23.2. The van der Waals surface area contributed by atoms with Gasteiger partial charge in [0.1, 0.15) is 24.1 Å². The SMILES string of the molecule is C=C(/C=C/c1ccccc1)c1nc2c(=O)[nH]c(N)nc2n1[C@@H]1O[C@H](CO)[C@@H](O)[C@H]1O. The molecule has 10 heteroatoms. The van der Waals surface area contributed by atoms with E-state index in [4.69, 9.17) is 10.5 Å². The van der Waals surface area contributed by atoms with Gasteiger partial charge in [-0.05, 0) is 5.56 Å². The van der Waals surface area contributed by atoms with Crippen molar-refractivity contribution in [2.24, 2.45) is 0 Å². The van der Waals surface area contributed by atoms with Crippen LogP contribution in [0.1, 0.15) is 17.6 Å². The number of rotatable bonds is 5. The van der Waals surface area contributed by atoms with Gasteiger partial charge < -0.3 is 25.8 Å². The number of aliphatic hydroxyl groups excluding tert-OH is 3. The van der Waals surface area contributed by atoms with E-state index in [1.807, 2.05) is 36.4 Å². The van der Waals surface area contributed by atoms with E-state index in [1.165, 1.54) is 4.57 Å². The number of allylic oxidation sites excluding steroid dienone is 2. The van der Waals surface area contributed by atoms with E-state index in [-0.39, 0.29) is 22.9 Å². The van der Waals surface area contributed by atoms with E-state index in [1.54, 1.807) is 6.08 Å². The Morgan fingerprint density at radius 3 is 2.67 bits per heavy atom. The lowest BCUT2D eigenvalue weighted by Gasteiger charge is -2.19. The number of anilines is 1. The molecule has 1 aliphatic rings. The van der Waals surface area contributed by atoms with Gasteiger partial charge in [0, 0.05) is 5.57 Å². The topological polar surface area (TPSA) is 160 Å². The summed E-state index contributed by atoms with van der Waals surface area (Å²) in [5, 5.41) is 30.1. The Labute approximate surface area is 170 Å². The summed E-state index contributed by atoms with van der Waals surface area (Å²) in [6.07, 6.45) is -1.39. The molecule has 1 fully saturated rings. The molecule has 3 aromatic rings. The van der Waals surface area contributed by atoms with Crippen LogP contribution in [0.5, 0.6) is 0 Å². The zero-order valence-electron chi connectivity index (χ0n) is 15.8. The van der Waals surface area contributed by atoms with Gasteiger partial charge in [-0.1, -0.05) is 49.1 Å². The highest BCUT2D eigenvalue weighted by Gasteiger charge is 2.45. The molecule has 4 rings (SSSR count). The van der Waals surface area contributed by atoms with Gasteiger partial charge in [-0.3, -0.25) is 14.3 Å². The number of nitrogens with zero attached hydrogens (tertiary/aromatic N) is 3. The molecule has 1 aliphatic heterocycles. The van der Waals surface area contributed by atoms with E-state index in [2.05, 4.69) is 21.5 Å². The molecule has 3 heterocycles. The molecule has 1 aromatic carbocycles. The summed E-state index contributed by atoms with van der Waals surface area (Å²) >= 11 is 0. The minimum atomic E-state index is -1.40. The predicted molar refractivity (Wildman–Crippen MR) is 110 cm³/mol. The summed E-state index contributed by atoms with van der Waals surface area (Å²) in [5.74, 6) is 0.0630. The van der Waals surface area contributed by atoms with Crippen LogP contribution in [-0.2, 0) is 4.74 Å². The Kier molecular flexibility index (Phi) is 5.22. The third-order valence-electron chi connectivity index (χ3n) is 4.90. The normalized spacial score (nSPS) is 24.1. The van der Waals surface area contributed by atoms with Crippen LogP contribution in [-0.4, -0.2) is 59.8 Å². The second-order valence-electron chi connectivity index (χ2n) is 6.93. The van der Waals surface area contributed by atoms with Gasteiger partial charge >= 0.3 is 0 Å². The van der Waals surface area contributed by atoms with Crippen LogP contribution in [0.3, 0.4) is 0 Å². The zero-order chi connectivity index (χ0) is 21.4. The summed E-state index contributed by atoms with van der Waals surface area (Å²) in [5.41, 5.74) is 6.50. The third-order valence-corrected chi connectivity index (χ3v) is 4.90. The number of hydrogen-bond acceptors (Lipinski definition) is 8. The van der Waals surface area contributed by atoms with Crippen molar-refractivity contribution in [1.82, 2.24) is 19.5 Å². The van der Waals surface area contributed by atoms with Crippen molar-refractivity contribution >= 4 is 28.8 Å². The van der Waals surface area contributed by atoms with E-state index in [0.29, 0.717) is 5.57 Å².